The van der Waals surface area contributed by atoms with E-state index >= 15 is 0 Å². The van der Waals surface area contributed by atoms with E-state index in [2.05, 4.69) is 30.8 Å². The lowest BCUT2D eigenvalue weighted by Gasteiger charge is -2.08. The largest absolute Gasteiger partial charge is 0.379 e. The highest BCUT2D eigenvalue weighted by Crippen LogP contribution is 2.19. The highest BCUT2D eigenvalue weighted by Gasteiger charge is 2.01. The number of allylic oxidation sites excluding steroid dienone is 1. The molecule has 0 atom stereocenters. The van der Waals surface area contributed by atoms with Crippen molar-refractivity contribution in [1.82, 2.24) is 0 Å². The average molecular weight is 334 g/mol. The van der Waals surface area contributed by atoms with Crippen LogP contribution in [0, 0.1) is 0 Å². The number of fused-ring (bicyclic) bond motifs is 18. The molecule has 2 aliphatic heterocycles. The van der Waals surface area contributed by atoms with Crippen molar-refractivity contribution >= 4 is 5.57 Å². The van der Waals surface area contributed by atoms with Gasteiger partial charge in [-0.3, -0.25) is 0 Å². The van der Waals surface area contributed by atoms with Gasteiger partial charge in [-0.1, -0.05) is 30.8 Å². The summed E-state index contributed by atoms with van der Waals surface area (Å²) in [5.41, 5.74) is 3.74. The van der Waals surface area contributed by atoms with Gasteiger partial charge < -0.3 is 18.9 Å². The molecule has 0 aliphatic carbocycles. The van der Waals surface area contributed by atoms with Crippen molar-refractivity contribution in [1.29, 1.82) is 0 Å². The molecule has 0 unspecified atom stereocenters. The second-order valence-electron chi connectivity index (χ2n) is 5.96. The second-order valence-corrected chi connectivity index (χ2v) is 5.96. The maximum Gasteiger partial charge on any atom is 0.0701 e. The van der Waals surface area contributed by atoms with Gasteiger partial charge in [0, 0.05) is 13.2 Å². The molecule has 0 saturated carbocycles. The fraction of sp³-hybridized carbons (Fsp3) is 0.600. The molecular formula is C20H30O4. The molecule has 0 aromatic heterocycles. The summed E-state index contributed by atoms with van der Waals surface area (Å²) in [6.45, 7) is 9.42. The summed E-state index contributed by atoms with van der Waals surface area (Å²) in [7, 11) is 0. The number of hydrogen-bond acceptors (Lipinski definition) is 4. The molecule has 24 heavy (non-hydrogen) atoms. The van der Waals surface area contributed by atoms with Gasteiger partial charge in [0.2, 0.25) is 0 Å². The van der Waals surface area contributed by atoms with Crippen LogP contribution < -0.4 is 0 Å². The molecular weight excluding hydrogens is 304 g/mol. The highest BCUT2D eigenvalue weighted by atomic mass is 16.6. The van der Waals surface area contributed by atoms with Gasteiger partial charge in [-0.2, -0.15) is 0 Å². The summed E-state index contributed by atoms with van der Waals surface area (Å²) >= 11 is 0. The van der Waals surface area contributed by atoms with Crippen LogP contribution in [-0.4, -0.2) is 52.9 Å². The zero-order chi connectivity index (χ0) is 16.9. The van der Waals surface area contributed by atoms with Gasteiger partial charge in [0.1, 0.15) is 0 Å². The minimum atomic E-state index is 0.605. The number of ether oxygens (including phenoxy) is 4. The van der Waals surface area contributed by atoms with Crippen molar-refractivity contribution in [3.63, 3.8) is 0 Å². The Labute approximate surface area is 145 Å². The molecule has 2 heterocycles. The first-order valence-electron chi connectivity index (χ1n) is 8.94. The van der Waals surface area contributed by atoms with Crippen LogP contribution in [0.2, 0.25) is 0 Å². The molecule has 1 aromatic carbocycles. The van der Waals surface area contributed by atoms with Crippen molar-refractivity contribution < 1.29 is 18.9 Å². The van der Waals surface area contributed by atoms with Gasteiger partial charge in [0.25, 0.3) is 0 Å². The van der Waals surface area contributed by atoms with E-state index in [-0.39, 0.29) is 0 Å². The van der Waals surface area contributed by atoms with Crippen molar-refractivity contribution in [3.05, 3.63) is 42.0 Å². The maximum atomic E-state index is 5.59. The summed E-state index contributed by atoms with van der Waals surface area (Å²) in [5.74, 6) is 0. The van der Waals surface area contributed by atoms with E-state index < -0.39 is 0 Å². The van der Waals surface area contributed by atoms with Gasteiger partial charge in [0.05, 0.1) is 39.6 Å². The zero-order valence-electron chi connectivity index (χ0n) is 14.6. The monoisotopic (exact) mass is 334 g/mol. The first-order chi connectivity index (χ1) is 11.9. The quantitative estimate of drug-likeness (QED) is 0.681. The van der Waals surface area contributed by atoms with Crippen LogP contribution in [0.15, 0.2) is 30.8 Å². The lowest BCUT2D eigenvalue weighted by molar-refractivity contribution is -0.00208. The van der Waals surface area contributed by atoms with Gasteiger partial charge in [-0.25, -0.2) is 0 Å². The molecule has 0 fully saturated rings. The van der Waals surface area contributed by atoms with Gasteiger partial charge in [0.15, 0.2) is 0 Å². The van der Waals surface area contributed by atoms with Crippen LogP contribution in [0.25, 0.3) is 5.57 Å². The number of benzene rings is 1. The first-order valence-corrected chi connectivity index (χ1v) is 8.94. The minimum absolute atomic E-state index is 0.605. The van der Waals surface area contributed by atoms with Crippen LogP contribution >= 0.6 is 0 Å². The lowest BCUT2D eigenvalue weighted by Crippen LogP contribution is -2.12. The predicted molar refractivity (Wildman–Crippen MR) is 96.3 cm³/mol. The van der Waals surface area contributed by atoms with Crippen molar-refractivity contribution in [3.8, 4) is 0 Å². The third kappa shape index (κ3) is 8.06. The normalized spacial score (nSPS) is 20.4. The Hall–Kier alpha value is -1.20. The Kier molecular flexibility index (Phi) is 9.73. The summed E-state index contributed by atoms with van der Waals surface area (Å²) in [6.07, 6.45) is 4.01. The molecule has 1 aromatic rings. The summed E-state index contributed by atoms with van der Waals surface area (Å²) in [5, 5.41) is 0. The Morgan fingerprint density at radius 2 is 1.04 bits per heavy atom. The van der Waals surface area contributed by atoms with Gasteiger partial charge in [-0.15, -0.1) is 0 Å². The van der Waals surface area contributed by atoms with Crippen LogP contribution in [0.1, 0.15) is 30.4 Å². The average Bonchev–Trinajstić information content (AvgIpc) is 2.61. The molecule has 2 bridgehead atoms. The van der Waals surface area contributed by atoms with Crippen LogP contribution in [0.5, 0.6) is 0 Å². The third-order valence-electron chi connectivity index (χ3n) is 4.00. The van der Waals surface area contributed by atoms with Gasteiger partial charge >= 0.3 is 0 Å². The van der Waals surface area contributed by atoms with E-state index in [0.29, 0.717) is 39.6 Å². The second kappa shape index (κ2) is 12.2. The molecule has 3 rings (SSSR count). The highest BCUT2D eigenvalue weighted by molar-refractivity contribution is 5.63. The number of aryl methyl sites for hydroxylation is 1. The molecule has 0 N–H and O–H groups in total. The molecule has 0 amide bonds. The Bertz CT molecular complexity index is 455. The Morgan fingerprint density at radius 3 is 1.58 bits per heavy atom. The fourth-order valence-electron chi connectivity index (χ4n) is 2.58. The lowest BCUT2D eigenvalue weighted by atomic mass is 10.0. The number of hydrogen-bond donors (Lipinski definition) is 0. The van der Waals surface area contributed by atoms with Crippen LogP contribution in [-0.2, 0) is 25.4 Å². The molecule has 0 saturated heterocycles. The maximum absolute atomic E-state index is 5.59. The van der Waals surface area contributed by atoms with Crippen molar-refractivity contribution in [2.45, 2.75) is 25.7 Å². The smallest absolute Gasteiger partial charge is 0.0701 e. The van der Waals surface area contributed by atoms with Crippen LogP contribution in [0.3, 0.4) is 0 Å². The molecule has 0 radical (unpaired) electrons. The Balaban J connectivity index is 1.78. The molecule has 4 heteroatoms. The SMILES string of the molecule is C=C1CCCOCCOCCOCCOCCCc2ccc1cc2. The summed E-state index contributed by atoms with van der Waals surface area (Å²) in [6, 6.07) is 8.73. The standard InChI is InChI=1S/C20H30O4/c1-18-4-2-10-21-12-14-23-16-17-24-15-13-22-11-3-5-19-6-8-20(18)9-7-19/h6-9H,1-5,10-17H2. The van der Waals surface area contributed by atoms with Crippen molar-refractivity contribution in [2.24, 2.45) is 0 Å². The molecule has 4 nitrogen and oxygen atoms in total. The summed E-state index contributed by atoms with van der Waals surface area (Å²) < 4.78 is 22.1. The third-order valence-corrected chi connectivity index (χ3v) is 4.00. The first kappa shape index (κ1) is 19.1. The van der Waals surface area contributed by atoms with Crippen LogP contribution in [0.4, 0.5) is 0 Å². The fourth-order valence-corrected chi connectivity index (χ4v) is 2.58. The summed E-state index contributed by atoms with van der Waals surface area (Å²) in [4.78, 5) is 0. The molecule has 0 spiro atoms. The number of rotatable bonds is 0. The van der Waals surface area contributed by atoms with E-state index in [1.54, 1.807) is 0 Å². The van der Waals surface area contributed by atoms with Gasteiger partial charge in [-0.05, 0) is 42.4 Å². The molecule has 2 aliphatic rings. The molecule has 134 valence electrons. The van der Waals surface area contributed by atoms with E-state index in [4.69, 9.17) is 18.9 Å². The zero-order valence-corrected chi connectivity index (χ0v) is 14.6. The Morgan fingerprint density at radius 1 is 0.583 bits per heavy atom. The van der Waals surface area contributed by atoms with E-state index in [1.165, 1.54) is 16.7 Å². The van der Waals surface area contributed by atoms with E-state index in [9.17, 15) is 0 Å². The van der Waals surface area contributed by atoms with E-state index in [1.807, 2.05) is 0 Å². The van der Waals surface area contributed by atoms with Crippen molar-refractivity contribution in [2.75, 3.05) is 52.9 Å². The predicted octanol–water partition coefficient (Wildman–Crippen LogP) is 3.49. The topological polar surface area (TPSA) is 36.9 Å². The minimum Gasteiger partial charge on any atom is -0.379 e. The van der Waals surface area contributed by atoms with E-state index in [0.717, 1.165) is 38.9 Å².